The minimum atomic E-state index is -1.03. The Labute approximate surface area is 116 Å². The van der Waals surface area contributed by atoms with E-state index in [1.807, 2.05) is 6.92 Å². The summed E-state index contributed by atoms with van der Waals surface area (Å²) < 4.78 is 1.74. The molecule has 6 nitrogen and oxygen atoms in total. The summed E-state index contributed by atoms with van der Waals surface area (Å²) >= 11 is 0. The summed E-state index contributed by atoms with van der Waals surface area (Å²) in [5.74, 6) is -0.350. The number of hydrogen-bond acceptors (Lipinski definition) is 4. The molecule has 0 unspecified atom stereocenters. The van der Waals surface area contributed by atoms with Crippen LogP contribution in [0.1, 0.15) is 35.6 Å². The highest BCUT2D eigenvalue weighted by Gasteiger charge is 2.20. The van der Waals surface area contributed by atoms with Gasteiger partial charge >= 0.3 is 5.97 Å². The monoisotopic (exact) mass is 278 g/mol. The van der Waals surface area contributed by atoms with Crippen molar-refractivity contribution in [3.8, 4) is 0 Å². The summed E-state index contributed by atoms with van der Waals surface area (Å²) in [5.41, 5.74) is 1.16. The first-order valence-corrected chi connectivity index (χ1v) is 6.58. The molecule has 0 fully saturated rings. The predicted molar refractivity (Wildman–Crippen MR) is 73.9 cm³/mol. The van der Waals surface area contributed by atoms with Crippen molar-refractivity contribution in [2.75, 3.05) is 13.2 Å². The van der Waals surface area contributed by atoms with E-state index in [4.69, 9.17) is 0 Å². The summed E-state index contributed by atoms with van der Waals surface area (Å²) in [6, 6.07) is 4.40. The number of carbonyl (C=O) groups is 1. The van der Waals surface area contributed by atoms with Crippen LogP contribution in [0.5, 0.6) is 0 Å². The molecule has 1 heterocycles. The van der Waals surface area contributed by atoms with E-state index in [1.54, 1.807) is 16.7 Å². The van der Waals surface area contributed by atoms with Gasteiger partial charge in [-0.3, -0.25) is 0 Å². The molecule has 1 aromatic heterocycles. The van der Waals surface area contributed by atoms with Crippen molar-refractivity contribution in [2.45, 2.75) is 25.8 Å². The van der Waals surface area contributed by atoms with Gasteiger partial charge in [0.1, 0.15) is 11.3 Å². The maximum atomic E-state index is 11.3. The van der Waals surface area contributed by atoms with E-state index in [9.17, 15) is 20.1 Å². The van der Waals surface area contributed by atoms with Gasteiger partial charge in [0, 0.05) is 6.42 Å². The molecule has 0 saturated heterocycles. The van der Waals surface area contributed by atoms with Crippen LogP contribution in [-0.4, -0.2) is 44.1 Å². The van der Waals surface area contributed by atoms with Crippen LogP contribution < -0.4 is 0 Å². The molecule has 108 valence electrons. The van der Waals surface area contributed by atoms with E-state index in [0.717, 1.165) is 6.42 Å². The van der Waals surface area contributed by atoms with E-state index in [0.29, 0.717) is 23.3 Å². The molecule has 0 aliphatic rings. The van der Waals surface area contributed by atoms with Crippen LogP contribution in [0.25, 0.3) is 11.0 Å². The number of rotatable bonds is 6. The van der Waals surface area contributed by atoms with Crippen LogP contribution in [-0.2, 0) is 6.42 Å². The molecule has 2 aromatic rings. The van der Waals surface area contributed by atoms with Crippen molar-refractivity contribution in [1.82, 2.24) is 9.55 Å². The molecule has 0 radical (unpaired) electrons. The van der Waals surface area contributed by atoms with E-state index >= 15 is 0 Å². The van der Waals surface area contributed by atoms with Gasteiger partial charge < -0.3 is 19.9 Å². The second kappa shape index (κ2) is 6.02. The number of benzene rings is 1. The van der Waals surface area contributed by atoms with E-state index in [2.05, 4.69) is 4.98 Å². The van der Waals surface area contributed by atoms with Crippen LogP contribution in [0.4, 0.5) is 0 Å². The number of aliphatic hydroxyl groups excluding tert-OH is 2. The molecule has 2 rings (SSSR count). The zero-order valence-corrected chi connectivity index (χ0v) is 11.3. The first kappa shape index (κ1) is 14.5. The molecule has 0 amide bonds. The lowest BCUT2D eigenvalue weighted by atomic mass is 10.2. The number of fused-ring (bicyclic) bond motifs is 1. The van der Waals surface area contributed by atoms with Crippen molar-refractivity contribution >= 4 is 17.0 Å². The maximum Gasteiger partial charge on any atom is 0.337 e. The molecule has 3 N–H and O–H groups in total. The number of carboxylic acid groups (broad SMARTS) is 1. The standard InChI is InChI=1S/C14H18N2O4/c1-2-4-12-15-13-10(14(19)20)5-3-6-11(13)16(12)9(7-17)8-18/h3,5-6,9,17-18H,2,4,7-8H2,1H3,(H,19,20). The highest BCUT2D eigenvalue weighted by Crippen LogP contribution is 2.25. The Balaban J connectivity index is 2.72. The number of nitrogens with zero attached hydrogens (tertiary/aromatic N) is 2. The predicted octanol–water partition coefficient (Wildman–Crippen LogP) is 1.21. The number of aromatic nitrogens is 2. The largest absolute Gasteiger partial charge is 0.478 e. The second-order valence-corrected chi connectivity index (χ2v) is 4.65. The summed E-state index contributed by atoms with van der Waals surface area (Å²) in [6.07, 6.45) is 1.50. The molecule has 20 heavy (non-hydrogen) atoms. The van der Waals surface area contributed by atoms with Crippen molar-refractivity contribution in [3.63, 3.8) is 0 Å². The molecule has 0 bridgehead atoms. The van der Waals surface area contributed by atoms with Crippen LogP contribution in [0.2, 0.25) is 0 Å². The van der Waals surface area contributed by atoms with Crippen molar-refractivity contribution in [2.24, 2.45) is 0 Å². The lowest BCUT2D eigenvalue weighted by Gasteiger charge is -2.17. The highest BCUT2D eigenvalue weighted by molar-refractivity contribution is 6.01. The SMILES string of the molecule is CCCc1nc2c(C(=O)O)cccc2n1C(CO)CO. The maximum absolute atomic E-state index is 11.3. The fraction of sp³-hybridized carbons (Fsp3) is 0.429. The van der Waals surface area contributed by atoms with E-state index in [-0.39, 0.29) is 18.8 Å². The quantitative estimate of drug-likeness (QED) is 0.738. The first-order chi connectivity index (χ1) is 9.63. The van der Waals surface area contributed by atoms with Gasteiger partial charge in [-0.2, -0.15) is 0 Å². The van der Waals surface area contributed by atoms with Crippen LogP contribution in [0.3, 0.4) is 0 Å². The Bertz CT molecular complexity index is 617. The third-order valence-corrected chi connectivity index (χ3v) is 3.28. The second-order valence-electron chi connectivity index (χ2n) is 4.65. The van der Waals surface area contributed by atoms with E-state index in [1.165, 1.54) is 6.07 Å². The van der Waals surface area contributed by atoms with Gasteiger partial charge in [0.25, 0.3) is 0 Å². The Morgan fingerprint density at radius 2 is 2.05 bits per heavy atom. The lowest BCUT2D eigenvalue weighted by molar-refractivity contribution is 0.0699. The molecule has 0 aliphatic heterocycles. The Kier molecular flexibility index (Phi) is 4.36. The molecular formula is C14H18N2O4. The van der Waals surface area contributed by atoms with Crippen molar-refractivity contribution < 1.29 is 20.1 Å². The number of para-hydroxylation sites is 1. The Morgan fingerprint density at radius 3 is 2.60 bits per heavy atom. The summed E-state index contributed by atoms with van der Waals surface area (Å²) in [5, 5.41) is 28.0. The Morgan fingerprint density at radius 1 is 1.35 bits per heavy atom. The van der Waals surface area contributed by atoms with Gasteiger partial charge in [-0.15, -0.1) is 0 Å². The minimum absolute atomic E-state index is 0.133. The number of aromatic carboxylic acids is 1. The number of aryl methyl sites for hydroxylation is 1. The van der Waals surface area contributed by atoms with Crippen molar-refractivity contribution in [1.29, 1.82) is 0 Å². The normalized spacial score (nSPS) is 11.4. The fourth-order valence-corrected chi connectivity index (χ4v) is 2.37. The first-order valence-electron chi connectivity index (χ1n) is 6.58. The average molecular weight is 278 g/mol. The third kappa shape index (κ3) is 2.39. The molecule has 0 spiro atoms. The van der Waals surface area contributed by atoms with Crippen LogP contribution in [0, 0.1) is 0 Å². The van der Waals surface area contributed by atoms with Gasteiger partial charge in [-0.1, -0.05) is 13.0 Å². The zero-order chi connectivity index (χ0) is 14.7. The molecule has 6 heteroatoms. The summed E-state index contributed by atoms with van der Waals surface area (Å²) in [7, 11) is 0. The zero-order valence-electron chi connectivity index (χ0n) is 11.3. The summed E-state index contributed by atoms with van der Waals surface area (Å²) in [4.78, 5) is 15.7. The minimum Gasteiger partial charge on any atom is -0.478 e. The number of aliphatic hydroxyl groups is 2. The van der Waals surface area contributed by atoms with Gasteiger partial charge in [-0.05, 0) is 18.6 Å². The topological polar surface area (TPSA) is 95.6 Å². The number of carboxylic acids is 1. The number of hydrogen-bond donors (Lipinski definition) is 3. The van der Waals surface area contributed by atoms with Gasteiger partial charge in [-0.25, -0.2) is 9.78 Å². The van der Waals surface area contributed by atoms with Gasteiger partial charge in [0.15, 0.2) is 0 Å². The van der Waals surface area contributed by atoms with E-state index < -0.39 is 12.0 Å². The summed E-state index contributed by atoms with van der Waals surface area (Å²) in [6.45, 7) is 1.54. The van der Waals surface area contributed by atoms with Gasteiger partial charge in [0.05, 0.1) is 30.3 Å². The smallest absolute Gasteiger partial charge is 0.337 e. The molecule has 1 aromatic carbocycles. The lowest BCUT2D eigenvalue weighted by Crippen LogP contribution is -2.19. The molecular weight excluding hydrogens is 260 g/mol. The average Bonchev–Trinajstić information content (AvgIpc) is 2.79. The molecule has 0 aliphatic carbocycles. The molecule has 0 atom stereocenters. The molecule has 0 saturated carbocycles. The highest BCUT2D eigenvalue weighted by atomic mass is 16.4. The van der Waals surface area contributed by atoms with Crippen LogP contribution >= 0.6 is 0 Å². The number of imidazole rings is 1. The van der Waals surface area contributed by atoms with Gasteiger partial charge in [0.2, 0.25) is 0 Å². The third-order valence-electron chi connectivity index (χ3n) is 3.28. The van der Waals surface area contributed by atoms with Crippen molar-refractivity contribution in [3.05, 3.63) is 29.6 Å². The van der Waals surface area contributed by atoms with Crippen LogP contribution in [0.15, 0.2) is 18.2 Å². The Hall–Kier alpha value is -1.92. The fourth-order valence-electron chi connectivity index (χ4n) is 2.37.